The van der Waals surface area contributed by atoms with Crippen LogP contribution in [0.15, 0.2) is 10.5 Å². The standard InChI is InChI=1S/C10H15BrN2S/c1-7-8(11)5-10(14-7)9-6-12-3-4-13(9)2/h5,9,12H,3-4,6H2,1-2H3. The lowest BCUT2D eigenvalue weighted by Gasteiger charge is -2.32. The summed E-state index contributed by atoms with van der Waals surface area (Å²) < 4.78 is 1.25. The molecule has 78 valence electrons. The lowest BCUT2D eigenvalue weighted by molar-refractivity contribution is 0.205. The molecule has 1 saturated heterocycles. The Morgan fingerprint density at radius 1 is 1.64 bits per heavy atom. The number of nitrogens with one attached hydrogen (secondary N) is 1. The zero-order valence-corrected chi connectivity index (χ0v) is 10.9. The molecule has 1 unspecified atom stereocenters. The Morgan fingerprint density at radius 3 is 3.00 bits per heavy atom. The summed E-state index contributed by atoms with van der Waals surface area (Å²) in [5, 5.41) is 3.44. The average molecular weight is 275 g/mol. The van der Waals surface area contributed by atoms with Crippen molar-refractivity contribution >= 4 is 27.3 Å². The molecule has 0 spiro atoms. The van der Waals surface area contributed by atoms with Crippen molar-refractivity contribution in [1.82, 2.24) is 10.2 Å². The number of rotatable bonds is 1. The summed E-state index contributed by atoms with van der Waals surface area (Å²) in [7, 11) is 2.20. The molecular formula is C10H15BrN2S. The maximum absolute atomic E-state index is 3.57. The number of hydrogen-bond acceptors (Lipinski definition) is 3. The highest BCUT2D eigenvalue weighted by atomic mass is 79.9. The summed E-state index contributed by atoms with van der Waals surface area (Å²) in [5.74, 6) is 0. The Labute approximate surface area is 97.4 Å². The second-order valence-electron chi connectivity index (χ2n) is 3.75. The second-order valence-corrected chi connectivity index (χ2v) is 5.90. The van der Waals surface area contributed by atoms with Gasteiger partial charge in [-0.05, 0) is 36.0 Å². The molecule has 1 aliphatic heterocycles. The van der Waals surface area contributed by atoms with Crippen LogP contribution < -0.4 is 5.32 Å². The third-order valence-electron chi connectivity index (χ3n) is 2.72. The van der Waals surface area contributed by atoms with Gasteiger partial charge < -0.3 is 5.32 Å². The van der Waals surface area contributed by atoms with Gasteiger partial charge in [0, 0.05) is 33.9 Å². The summed E-state index contributed by atoms with van der Waals surface area (Å²) in [5.41, 5.74) is 0. The SMILES string of the molecule is Cc1sc(C2CNCCN2C)cc1Br. The Hall–Kier alpha value is 0.100. The summed E-state index contributed by atoms with van der Waals surface area (Å²) in [6.07, 6.45) is 0. The van der Waals surface area contributed by atoms with Crippen LogP contribution in [0.1, 0.15) is 15.8 Å². The Bertz CT molecular complexity index is 304. The highest BCUT2D eigenvalue weighted by Crippen LogP contribution is 2.33. The molecule has 2 heterocycles. The van der Waals surface area contributed by atoms with Crippen molar-refractivity contribution in [2.75, 3.05) is 26.7 Å². The molecule has 1 fully saturated rings. The largest absolute Gasteiger partial charge is 0.314 e. The van der Waals surface area contributed by atoms with Crippen LogP contribution in [0.2, 0.25) is 0 Å². The molecule has 14 heavy (non-hydrogen) atoms. The van der Waals surface area contributed by atoms with Crippen LogP contribution in [0.25, 0.3) is 0 Å². The van der Waals surface area contributed by atoms with Gasteiger partial charge in [0.15, 0.2) is 0 Å². The number of aryl methyl sites for hydroxylation is 1. The lowest BCUT2D eigenvalue weighted by Crippen LogP contribution is -2.43. The first-order valence-corrected chi connectivity index (χ1v) is 6.46. The van der Waals surface area contributed by atoms with Crippen molar-refractivity contribution < 1.29 is 0 Å². The van der Waals surface area contributed by atoms with Gasteiger partial charge >= 0.3 is 0 Å². The quantitative estimate of drug-likeness (QED) is 0.846. The molecule has 0 bridgehead atoms. The van der Waals surface area contributed by atoms with E-state index in [2.05, 4.69) is 46.2 Å². The van der Waals surface area contributed by atoms with E-state index in [1.807, 2.05) is 11.3 Å². The third kappa shape index (κ3) is 2.03. The maximum Gasteiger partial charge on any atom is 0.0565 e. The molecule has 0 amide bonds. The monoisotopic (exact) mass is 274 g/mol. The Morgan fingerprint density at radius 2 is 2.43 bits per heavy atom. The number of thiophene rings is 1. The Kier molecular flexibility index (Phi) is 3.27. The molecule has 0 radical (unpaired) electrons. The van der Waals surface area contributed by atoms with E-state index in [-0.39, 0.29) is 0 Å². The molecule has 0 aliphatic carbocycles. The van der Waals surface area contributed by atoms with Gasteiger partial charge in [0.05, 0.1) is 6.04 Å². The number of piperazine rings is 1. The number of nitrogens with zero attached hydrogens (tertiary/aromatic N) is 1. The zero-order chi connectivity index (χ0) is 10.1. The van der Waals surface area contributed by atoms with E-state index < -0.39 is 0 Å². The minimum absolute atomic E-state index is 0.554. The summed E-state index contributed by atoms with van der Waals surface area (Å²) in [6, 6.07) is 2.81. The van der Waals surface area contributed by atoms with E-state index >= 15 is 0 Å². The zero-order valence-electron chi connectivity index (χ0n) is 8.51. The maximum atomic E-state index is 3.57. The molecule has 1 aliphatic rings. The van der Waals surface area contributed by atoms with Crippen LogP contribution in [0, 0.1) is 6.92 Å². The molecule has 1 atom stereocenters. The fraction of sp³-hybridized carbons (Fsp3) is 0.600. The van der Waals surface area contributed by atoms with Crippen molar-refractivity contribution in [2.45, 2.75) is 13.0 Å². The van der Waals surface area contributed by atoms with Gasteiger partial charge in [0.2, 0.25) is 0 Å². The van der Waals surface area contributed by atoms with Crippen LogP contribution in [0.3, 0.4) is 0 Å². The van der Waals surface area contributed by atoms with Gasteiger partial charge in [-0.2, -0.15) is 0 Å². The fourth-order valence-electron chi connectivity index (χ4n) is 1.77. The van der Waals surface area contributed by atoms with Crippen molar-refractivity contribution in [2.24, 2.45) is 0 Å². The molecule has 1 aromatic heterocycles. The normalized spacial score (nSPS) is 24.1. The highest BCUT2D eigenvalue weighted by Gasteiger charge is 2.22. The summed E-state index contributed by atoms with van der Waals surface area (Å²) in [6.45, 7) is 5.48. The van der Waals surface area contributed by atoms with E-state index in [1.165, 1.54) is 14.2 Å². The number of likely N-dealkylation sites (N-methyl/N-ethyl adjacent to an activating group) is 1. The van der Waals surface area contributed by atoms with Gasteiger partial charge in [0.25, 0.3) is 0 Å². The number of halogens is 1. The first-order valence-electron chi connectivity index (χ1n) is 4.85. The summed E-state index contributed by atoms with van der Waals surface area (Å²) in [4.78, 5) is 5.26. The van der Waals surface area contributed by atoms with E-state index in [4.69, 9.17) is 0 Å². The molecule has 1 aromatic rings. The molecule has 2 rings (SSSR count). The van der Waals surface area contributed by atoms with Crippen LogP contribution in [0.5, 0.6) is 0 Å². The van der Waals surface area contributed by atoms with Crippen LogP contribution >= 0.6 is 27.3 Å². The van der Waals surface area contributed by atoms with Crippen LogP contribution in [-0.2, 0) is 0 Å². The van der Waals surface area contributed by atoms with E-state index in [0.717, 1.165) is 19.6 Å². The molecule has 1 N–H and O–H groups in total. The van der Waals surface area contributed by atoms with Gasteiger partial charge in [0.1, 0.15) is 0 Å². The summed E-state index contributed by atoms with van der Waals surface area (Å²) >= 11 is 5.47. The predicted molar refractivity (Wildman–Crippen MR) is 65.0 cm³/mol. The molecule has 4 heteroatoms. The lowest BCUT2D eigenvalue weighted by atomic mass is 10.2. The molecule has 0 saturated carbocycles. The van der Waals surface area contributed by atoms with Crippen molar-refractivity contribution in [3.63, 3.8) is 0 Å². The van der Waals surface area contributed by atoms with Gasteiger partial charge in [-0.15, -0.1) is 11.3 Å². The fourth-order valence-corrected chi connectivity index (χ4v) is 3.50. The minimum atomic E-state index is 0.554. The van der Waals surface area contributed by atoms with Gasteiger partial charge in [-0.1, -0.05) is 0 Å². The Balaban J connectivity index is 2.20. The molecule has 0 aromatic carbocycles. The second kappa shape index (κ2) is 4.31. The van der Waals surface area contributed by atoms with Crippen molar-refractivity contribution in [3.05, 3.63) is 20.3 Å². The van der Waals surface area contributed by atoms with Gasteiger partial charge in [-0.3, -0.25) is 4.90 Å². The van der Waals surface area contributed by atoms with E-state index in [1.54, 1.807) is 0 Å². The van der Waals surface area contributed by atoms with Crippen molar-refractivity contribution in [1.29, 1.82) is 0 Å². The first-order chi connectivity index (χ1) is 6.68. The van der Waals surface area contributed by atoms with E-state index in [9.17, 15) is 0 Å². The smallest absolute Gasteiger partial charge is 0.0565 e. The number of hydrogen-bond donors (Lipinski definition) is 1. The first kappa shape index (κ1) is 10.6. The molecular weight excluding hydrogens is 260 g/mol. The average Bonchev–Trinajstić information content (AvgIpc) is 2.48. The van der Waals surface area contributed by atoms with Crippen molar-refractivity contribution in [3.8, 4) is 0 Å². The molecule has 2 nitrogen and oxygen atoms in total. The van der Waals surface area contributed by atoms with E-state index in [0.29, 0.717) is 6.04 Å². The van der Waals surface area contributed by atoms with Gasteiger partial charge in [-0.25, -0.2) is 0 Å². The van der Waals surface area contributed by atoms with Crippen LogP contribution in [-0.4, -0.2) is 31.6 Å². The highest BCUT2D eigenvalue weighted by molar-refractivity contribution is 9.10. The predicted octanol–water partition coefficient (Wildman–Crippen LogP) is 2.40. The van der Waals surface area contributed by atoms with Crippen LogP contribution in [0.4, 0.5) is 0 Å². The third-order valence-corrected chi connectivity index (χ3v) is 4.95. The topological polar surface area (TPSA) is 15.3 Å². The minimum Gasteiger partial charge on any atom is -0.314 e.